The minimum absolute atomic E-state index is 0.439. The molecule has 0 amide bonds. The van der Waals surface area contributed by atoms with E-state index in [4.69, 9.17) is 5.73 Å². The van der Waals surface area contributed by atoms with Gasteiger partial charge < -0.3 is 11.1 Å². The third-order valence-corrected chi connectivity index (χ3v) is 3.96. The molecule has 4 nitrogen and oxygen atoms in total. The van der Waals surface area contributed by atoms with Crippen LogP contribution in [0.2, 0.25) is 0 Å². The first kappa shape index (κ1) is 11.5. The molecule has 0 atom stereocenters. The van der Waals surface area contributed by atoms with Crippen LogP contribution in [0.4, 0.5) is 17.3 Å². The number of nitrogens with two attached hydrogens (primary N) is 1. The Hall–Kier alpha value is -1.62. The molecule has 3 rings (SSSR count). The van der Waals surface area contributed by atoms with E-state index in [1.165, 1.54) is 30.3 Å². The molecule has 0 spiro atoms. The van der Waals surface area contributed by atoms with Crippen LogP contribution in [-0.2, 0) is 12.8 Å². The molecule has 0 aliphatic heterocycles. The third-order valence-electron chi connectivity index (χ3n) is 3.18. The molecular weight excluding hydrogens is 292 g/mol. The quantitative estimate of drug-likeness (QED) is 0.895. The molecule has 2 aromatic rings. The van der Waals surface area contributed by atoms with Gasteiger partial charge in [0.2, 0.25) is 0 Å². The molecule has 0 saturated carbocycles. The third kappa shape index (κ3) is 2.06. The van der Waals surface area contributed by atoms with Crippen LogP contribution in [0.5, 0.6) is 0 Å². The van der Waals surface area contributed by atoms with Gasteiger partial charge in [-0.05, 0) is 58.5 Å². The molecule has 1 aromatic heterocycles. The Labute approximate surface area is 114 Å². The first-order valence-corrected chi connectivity index (χ1v) is 6.68. The molecule has 1 heterocycles. The molecule has 0 fully saturated rings. The Kier molecular flexibility index (Phi) is 2.91. The number of nitrogens with one attached hydrogen (secondary N) is 1. The second-order valence-electron chi connectivity index (χ2n) is 4.38. The normalized spacial score (nSPS) is 13.4. The number of fused-ring (bicyclic) bond motifs is 1. The molecule has 3 N–H and O–H groups in total. The van der Waals surface area contributed by atoms with Gasteiger partial charge in [0, 0.05) is 5.69 Å². The maximum atomic E-state index is 5.73. The average molecular weight is 305 g/mol. The van der Waals surface area contributed by atoms with Crippen LogP contribution in [-0.4, -0.2) is 9.97 Å². The van der Waals surface area contributed by atoms with E-state index in [2.05, 4.69) is 49.4 Å². The predicted octanol–water partition coefficient (Wildman–Crippen LogP) is 3.05. The smallest absolute Gasteiger partial charge is 0.150 e. The summed E-state index contributed by atoms with van der Waals surface area (Å²) in [4.78, 5) is 8.10. The number of nitrogen functional groups attached to an aromatic ring is 1. The van der Waals surface area contributed by atoms with Crippen LogP contribution in [0.15, 0.2) is 29.0 Å². The van der Waals surface area contributed by atoms with E-state index < -0.39 is 0 Å². The summed E-state index contributed by atoms with van der Waals surface area (Å²) in [5.74, 6) is 1.13. The van der Waals surface area contributed by atoms with Crippen molar-refractivity contribution in [3.63, 3.8) is 0 Å². The van der Waals surface area contributed by atoms with Gasteiger partial charge in [-0.1, -0.05) is 6.07 Å². The number of halogens is 1. The largest absolute Gasteiger partial charge is 0.383 e. The number of nitrogens with zero attached hydrogens (tertiary/aromatic N) is 2. The standard InChI is InChI=1S/C13H13BrN4/c14-11-12(15)16-7-17-13(11)18-10-5-4-8-2-1-3-9(8)6-10/h4-7H,1-3H2,(H3,15,16,17,18). The summed E-state index contributed by atoms with van der Waals surface area (Å²) in [5.41, 5.74) is 9.65. The summed E-state index contributed by atoms with van der Waals surface area (Å²) >= 11 is 3.39. The molecule has 5 heteroatoms. The van der Waals surface area contributed by atoms with Gasteiger partial charge in [-0.15, -0.1) is 0 Å². The minimum Gasteiger partial charge on any atom is -0.383 e. The summed E-state index contributed by atoms with van der Waals surface area (Å²) in [6.07, 6.45) is 5.07. The first-order valence-electron chi connectivity index (χ1n) is 5.89. The van der Waals surface area contributed by atoms with E-state index in [9.17, 15) is 0 Å². The zero-order valence-electron chi connectivity index (χ0n) is 9.78. The molecule has 92 valence electrons. The van der Waals surface area contributed by atoms with Crippen LogP contribution < -0.4 is 11.1 Å². The lowest BCUT2D eigenvalue weighted by Gasteiger charge is -2.09. The van der Waals surface area contributed by atoms with Crippen LogP contribution >= 0.6 is 15.9 Å². The van der Waals surface area contributed by atoms with Gasteiger partial charge in [0.05, 0.1) is 0 Å². The summed E-state index contributed by atoms with van der Waals surface area (Å²) in [7, 11) is 0. The van der Waals surface area contributed by atoms with Gasteiger partial charge in [0.1, 0.15) is 22.4 Å². The number of aryl methyl sites for hydroxylation is 2. The van der Waals surface area contributed by atoms with E-state index >= 15 is 0 Å². The number of rotatable bonds is 2. The maximum absolute atomic E-state index is 5.73. The van der Waals surface area contributed by atoms with Crippen molar-refractivity contribution in [3.05, 3.63) is 40.1 Å². The highest BCUT2D eigenvalue weighted by Gasteiger charge is 2.12. The summed E-state index contributed by atoms with van der Waals surface area (Å²) < 4.78 is 0.700. The van der Waals surface area contributed by atoms with Crippen molar-refractivity contribution in [1.82, 2.24) is 9.97 Å². The van der Waals surface area contributed by atoms with Gasteiger partial charge in [0.15, 0.2) is 0 Å². The second-order valence-corrected chi connectivity index (χ2v) is 5.18. The number of benzene rings is 1. The Balaban J connectivity index is 1.90. The Bertz CT molecular complexity index is 598. The fourth-order valence-electron chi connectivity index (χ4n) is 2.26. The van der Waals surface area contributed by atoms with E-state index in [0.717, 1.165) is 12.1 Å². The molecule has 0 bridgehead atoms. The molecule has 1 aliphatic rings. The monoisotopic (exact) mass is 304 g/mol. The highest BCUT2D eigenvalue weighted by molar-refractivity contribution is 9.10. The lowest BCUT2D eigenvalue weighted by atomic mass is 10.1. The highest BCUT2D eigenvalue weighted by Crippen LogP contribution is 2.29. The van der Waals surface area contributed by atoms with Crippen molar-refractivity contribution in [3.8, 4) is 0 Å². The molecule has 0 unspecified atom stereocenters. The van der Waals surface area contributed by atoms with Gasteiger partial charge in [0.25, 0.3) is 0 Å². The van der Waals surface area contributed by atoms with E-state index in [1.807, 2.05) is 0 Å². The summed E-state index contributed by atoms with van der Waals surface area (Å²) in [6, 6.07) is 6.45. The molecule has 1 aromatic carbocycles. The van der Waals surface area contributed by atoms with Crippen LogP contribution in [0, 0.1) is 0 Å². The molecule has 0 radical (unpaired) electrons. The van der Waals surface area contributed by atoms with Crippen molar-refractivity contribution in [2.45, 2.75) is 19.3 Å². The zero-order chi connectivity index (χ0) is 12.5. The minimum atomic E-state index is 0.439. The van der Waals surface area contributed by atoms with Crippen molar-refractivity contribution in [2.75, 3.05) is 11.1 Å². The summed E-state index contributed by atoms with van der Waals surface area (Å²) in [5, 5.41) is 3.26. The van der Waals surface area contributed by atoms with Gasteiger partial charge in [-0.3, -0.25) is 0 Å². The average Bonchev–Trinajstić information content (AvgIpc) is 2.82. The van der Waals surface area contributed by atoms with Crippen molar-refractivity contribution in [1.29, 1.82) is 0 Å². The number of anilines is 3. The predicted molar refractivity (Wildman–Crippen MR) is 75.9 cm³/mol. The molecule has 0 saturated heterocycles. The SMILES string of the molecule is Nc1ncnc(Nc2ccc3c(c2)CCC3)c1Br. The van der Waals surface area contributed by atoms with E-state index in [-0.39, 0.29) is 0 Å². The van der Waals surface area contributed by atoms with E-state index in [1.54, 1.807) is 0 Å². The van der Waals surface area contributed by atoms with Gasteiger partial charge in [-0.2, -0.15) is 0 Å². The van der Waals surface area contributed by atoms with Crippen LogP contribution in [0.25, 0.3) is 0 Å². The lowest BCUT2D eigenvalue weighted by molar-refractivity contribution is 0.912. The molecule has 18 heavy (non-hydrogen) atoms. The zero-order valence-corrected chi connectivity index (χ0v) is 11.4. The lowest BCUT2D eigenvalue weighted by Crippen LogP contribution is -2.00. The Morgan fingerprint density at radius 2 is 2.00 bits per heavy atom. The van der Waals surface area contributed by atoms with Crippen molar-refractivity contribution >= 4 is 33.3 Å². The molecular formula is C13H13BrN4. The number of aromatic nitrogens is 2. The Morgan fingerprint density at radius 1 is 1.17 bits per heavy atom. The maximum Gasteiger partial charge on any atom is 0.150 e. The fraction of sp³-hybridized carbons (Fsp3) is 0.231. The van der Waals surface area contributed by atoms with Crippen LogP contribution in [0.1, 0.15) is 17.5 Å². The van der Waals surface area contributed by atoms with E-state index in [0.29, 0.717) is 16.1 Å². The van der Waals surface area contributed by atoms with Gasteiger partial charge >= 0.3 is 0 Å². The highest BCUT2D eigenvalue weighted by atomic mass is 79.9. The number of hydrogen-bond donors (Lipinski definition) is 2. The second kappa shape index (κ2) is 4.57. The molecule has 1 aliphatic carbocycles. The topological polar surface area (TPSA) is 63.8 Å². The van der Waals surface area contributed by atoms with Crippen molar-refractivity contribution in [2.24, 2.45) is 0 Å². The fourth-order valence-corrected chi connectivity index (χ4v) is 2.56. The van der Waals surface area contributed by atoms with Crippen molar-refractivity contribution < 1.29 is 0 Å². The first-order chi connectivity index (χ1) is 8.74. The summed E-state index contributed by atoms with van der Waals surface area (Å²) in [6.45, 7) is 0. The van der Waals surface area contributed by atoms with Crippen LogP contribution in [0.3, 0.4) is 0 Å². The van der Waals surface area contributed by atoms with Gasteiger partial charge in [-0.25, -0.2) is 9.97 Å². The number of hydrogen-bond acceptors (Lipinski definition) is 4. The Morgan fingerprint density at radius 3 is 2.89 bits per heavy atom.